The number of nitrogens with one attached hydrogen (secondary N) is 1. The maximum Gasteiger partial charge on any atom is 0.140 e. The molecule has 2 atom stereocenters. The Hall–Kier alpha value is -0.370. The van der Waals surface area contributed by atoms with E-state index in [0.717, 1.165) is 19.4 Å². The summed E-state index contributed by atoms with van der Waals surface area (Å²) in [5.74, 6) is 1.21. The summed E-state index contributed by atoms with van der Waals surface area (Å²) in [6.45, 7) is 3.19. The van der Waals surface area contributed by atoms with Crippen molar-refractivity contribution in [1.29, 1.82) is 0 Å². The molecule has 0 amide bonds. The van der Waals surface area contributed by atoms with Crippen LogP contribution >= 0.6 is 0 Å². The zero-order valence-electron chi connectivity index (χ0n) is 7.68. The van der Waals surface area contributed by atoms with E-state index in [2.05, 4.69) is 12.2 Å². The molecule has 0 aromatic carbocycles. The van der Waals surface area contributed by atoms with Gasteiger partial charge in [0.1, 0.15) is 5.78 Å². The smallest absolute Gasteiger partial charge is 0.140 e. The maximum absolute atomic E-state index is 11.7. The van der Waals surface area contributed by atoms with Gasteiger partial charge in [0.25, 0.3) is 0 Å². The molecule has 2 heteroatoms. The van der Waals surface area contributed by atoms with Gasteiger partial charge >= 0.3 is 0 Å². The first-order valence-electron chi connectivity index (χ1n) is 5.06. The quantitative estimate of drug-likeness (QED) is 0.687. The van der Waals surface area contributed by atoms with Gasteiger partial charge in [-0.2, -0.15) is 0 Å². The van der Waals surface area contributed by atoms with Gasteiger partial charge in [-0.15, -0.1) is 0 Å². The third-order valence-electron chi connectivity index (χ3n) is 3.13. The van der Waals surface area contributed by atoms with Crippen LogP contribution in [-0.4, -0.2) is 18.4 Å². The van der Waals surface area contributed by atoms with Crippen molar-refractivity contribution in [3.05, 3.63) is 0 Å². The second-order valence-corrected chi connectivity index (χ2v) is 4.17. The minimum atomic E-state index is 0.264. The highest BCUT2D eigenvalue weighted by Gasteiger charge is 2.36. The lowest BCUT2D eigenvalue weighted by molar-refractivity contribution is -0.124. The molecule has 2 rings (SSSR count). The van der Waals surface area contributed by atoms with Crippen LogP contribution in [0, 0.1) is 11.8 Å². The van der Waals surface area contributed by atoms with Crippen molar-refractivity contribution in [2.24, 2.45) is 11.8 Å². The molecule has 68 valence electrons. The van der Waals surface area contributed by atoms with Gasteiger partial charge in [-0.05, 0) is 32.2 Å². The fraction of sp³-hybridized carbons (Fsp3) is 0.900. The molecular weight excluding hydrogens is 150 g/mol. The molecule has 1 aliphatic heterocycles. The van der Waals surface area contributed by atoms with Gasteiger partial charge in [-0.1, -0.05) is 6.92 Å². The maximum atomic E-state index is 11.7. The van der Waals surface area contributed by atoms with E-state index in [0.29, 0.717) is 17.7 Å². The van der Waals surface area contributed by atoms with Crippen molar-refractivity contribution in [2.45, 2.75) is 38.6 Å². The minimum absolute atomic E-state index is 0.264. The largest absolute Gasteiger partial charge is 0.313 e. The fourth-order valence-electron chi connectivity index (χ4n) is 2.08. The molecule has 1 saturated heterocycles. The molecule has 12 heavy (non-hydrogen) atoms. The number of rotatable bonds is 3. The molecule has 0 radical (unpaired) electrons. The van der Waals surface area contributed by atoms with Crippen LogP contribution < -0.4 is 5.32 Å². The number of Topliss-reactive ketones (excluding diaryl/α,β-unsaturated/α-hetero) is 1. The second kappa shape index (κ2) is 3.17. The summed E-state index contributed by atoms with van der Waals surface area (Å²) in [6, 6.07) is 0.484. The third-order valence-corrected chi connectivity index (χ3v) is 3.13. The van der Waals surface area contributed by atoms with E-state index >= 15 is 0 Å². The molecule has 0 aromatic heterocycles. The molecule has 1 aliphatic carbocycles. The normalized spacial score (nSPS) is 31.9. The summed E-state index contributed by atoms with van der Waals surface area (Å²) in [5.41, 5.74) is 0. The summed E-state index contributed by atoms with van der Waals surface area (Å²) >= 11 is 0. The van der Waals surface area contributed by atoms with E-state index in [-0.39, 0.29) is 5.92 Å². The van der Waals surface area contributed by atoms with Crippen molar-refractivity contribution in [3.63, 3.8) is 0 Å². The number of hydrogen-bond donors (Lipinski definition) is 1. The Morgan fingerprint density at radius 3 is 2.67 bits per heavy atom. The Morgan fingerprint density at radius 1 is 1.42 bits per heavy atom. The molecular formula is C10H17NO. The lowest BCUT2D eigenvalue weighted by atomic mass is 9.93. The Labute approximate surface area is 73.7 Å². The Kier molecular flexibility index (Phi) is 2.18. The average molecular weight is 167 g/mol. The monoisotopic (exact) mass is 167 g/mol. The van der Waals surface area contributed by atoms with Crippen molar-refractivity contribution in [3.8, 4) is 0 Å². The molecule has 2 aliphatic rings. The SMILES string of the molecule is CC(C(=O)C1CC1)C1CCCN1. The summed E-state index contributed by atoms with van der Waals surface area (Å²) in [4.78, 5) is 11.7. The summed E-state index contributed by atoms with van der Waals surface area (Å²) in [6.07, 6.45) is 4.73. The lowest BCUT2D eigenvalue weighted by Crippen LogP contribution is -2.34. The predicted octanol–water partition coefficient (Wildman–Crippen LogP) is 1.35. The predicted molar refractivity (Wildman–Crippen MR) is 47.9 cm³/mol. The molecule has 2 nitrogen and oxygen atoms in total. The molecule has 1 N–H and O–H groups in total. The van der Waals surface area contributed by atoms with Gasteiger partial charge in [0.05, 0.1) is 0 Å². The van der Waals surface area contributed by atoms with E-state index in [1.807, 2.05) is 0 Å². The lowest BCUT2D eigenvalue weighted by Gasteiger charge is -2.17. The average Bonchev–Trinajstić information content (AvgIpc) is 2.79. The fourth-order valence-corrected chi connectivity index (χ4v) is 2.08. The minimum Gasteiger partial charge on any atom is -0.313 e. The molecule has 2 fully saturated rings. The van der Waals surface area contributed by atoms with Crippen LogP contribution in [0.1, 0.15) is 32.6 Å². The number of carbonyl (C=O) groups is 1. The van der Waals surface area contributed by atoms with E-state index in [9.17, 15) is 4.79 Å². The van der Waals surface area contributed by atoms with Crippen molar-refractivity contribution in [1.82, 2.24) is 5.32 Å². The molecule has 1 heterocycles. The molecule has 0 bridgehead atoms. The van der Waals surface area contributed by atoms with Crippen molar-refractivity contribution >= 4 is 5.78 Å². The highest BCUT2D eigenvalue weighted by Crippen LogP contribution is 2.34. The summed E-state index contributed by atoms with van der Waals surface area (Å²) < 4.78 is 0. The molecule has 0 spiro atoms. The van der Waals surface area contributed by atoms with Gasteiger partial charge in [0.2, 0.25) is 0 Å². The first-order chi connectivity index (χ1) is 5.79. The van der Waals surface area contributed by atoms with Gasteiger partial charge in [-0.3, -0.25) is 4.79 Å². The van der Waals surface area contributed by atoms with Crippen LogP contribution in [0.25, 0.3) is 0 Å². The molecule has 2 unspecified atom stereocenters. The van der Waals surface area contributed by atoms with E-state index in [1.165, 1.54) is 12.8 Å². The van der Waals surface area contributed by atoms with Crippen LogP contribution in [0.3, 0.4) is 0 Å². The Bertz CT molecular complexity index is 180. The van der Waals surface area contributed by atoms with Crippen LogP contribution in [0.5, 0.6) is 0 Å². The van der Waals surface area contributed by atoms with E-state index in [4.69, 9.17) is 0 Å². The number of carbonyl (C=O) groups excluding carboxylic acids is 1. The highest BCUT2D eigenvalue weighted by molar-refractivity contribution is 5.85. The van der Waals surface area contributed by atoms with Crippen LogP contribution in [0.4, 0.5) is 0 Å². The zero-order chi connectivity index (χ0) is 8.55. The standard InChI is InChI=1S/C10H17NO/c1-7(9-3-2-6-11-9)10(12)8-4-5-8/h7-9,11H,2-6H2,1H3. The van der Waals surface area contributed by atoms with Crippen LogP contribution in [-0.2, 0) is 4.79 Å². The Balaban J connectivity index is 1.88. The number of ketones is 1. The summed E-state index contributed by atoms with van der Waals surface area (Å²) in [5, 5.41) is 3.40. The van der Waals surface area contributed by atoms with E-state index in [1.54, 1.807) is 0 Å². The Morgan fingerprint density at radius 2 is 2.17 bits per heavy atom. The van der Waals surface area contributed by atoms with Gasteiger partial charge in [-0.25, -0.2) is 0 Å². The third kappa shape index (κ3) is 1.53. The number of hydrogen-bond acceptors (Lipinski definition) is 2. The molecule has 0 aromatic rings. The van der Waals surface area contributed by atoms with Gasteiger partial charge < -0.3 is 5.32 Å². The second-order valence-electron chi connectivity index (χ2n) is 4.17. The van der Waals surface area contributed by atoms with Crippen molar-refractivity contribution in [2.75, 3.05) is 6.54 Å². The van der Waals surface area contributed by atoms with E-state index < -0.39 is 0 Å². The summed E-state index contributed by atoms with van der Waals surface area (Å²) in [7, 11) is 0. The first kappa shape index (κ1) is 8.24. The molecule has 1 saturated carbocycles. The van der Waals surface area contributed by atoms with Crippen LogP contribution in [0.15, 0.2) is 0 Å². The van der Waals surface area contributed by atoms with Gasteiger partial charge in [0, 0.05) is 17.9 Å². The zero-order valence-corrected chi connectivity index (χ0v) is 7.68. The van der Waals surface area contributed by atoms with Crippen LogP contribution in [0.2, 0.25) is 0 Å². The highest BCUT2D eigenvalue weighted by atomic mass is 16.1. The topological polar surface area (TPSA) is 29.1 Å². The van der Waals surface area contributed by atoms with Crippen molar-refractivity contribution < 1.29 is 4.79 Å². The first-order valence-corrected chi connectivity index (χ1v) is 5.06. The van der Waals surface area contributed by atoms with Gasteiger partial charge in [0.15, 0.2) is 0 Å².